The van der Waals surface area contributed by atoms with Crippen molar-refractivity contribution in [3.8, 4) is 0 Å². The van der Waals surface area contributed by atoms with E-state index in [0.717, 1.165) is 44.3 Å². The molecule has 10 atom stereocenters. The Kier molecular flexibility index (Phi) is 2.80. The van der Waals surface area contributed by atoms with Gasteiger partial charge in [-0.3, -0.25) is 9.69 Å². The summed E-state index contributed by atoms with van der Waals surface area (Å²) < 4.78 is 0. The highest BCUT2D eigenvalue weighted by atomic mass is 16.3. The number of ketones is 1. The van der Waals surface area contributed by atoms with Crippen molar-refractivity contribution in [1.29, 1.82) is 0 Å². The van der Waals surface area contributed by atoms with Gasteiger partial charge in [-0.1, -0.05) is 20.4 Å². The topological polar surface area (TPSA) is 60.8 Å². The molecule has 26 heavy (non-hydrogen) atoms. The third-order valence-electron chi connectivity index (χ3n) is 10.4. The lowest BCUT2D eigenvalue weighted by Gasteiger charge is -2.65. The highest BCUT2D eigenvalue weighted by Crippen LogP contribution is 2.83. The lowest BCUT2D eigenvalue weighted by molar-refractivity contribution is -0.211. The molecule has 0 aromatic rings. The minimum Gasteiger partial charge on any atom is -0.392 e. The van der Waals surface area contributed by atoms with Crippen molar-refractivity contribution >= 4 is 5.78 Å². The molecular weight excluding hydrogens is 326 g/mol. The van der Waals surface area contributed by atoms with Gasteiger partial charge in [0.15, 0.2) is 0 Å². The van der Waals surface area contributed by atoms with E-state index in [1.54, 1.807) is 0 Å². The molecule has 6 rings (SSSR count). The molecule has 2 spiro atoms. The Labute approximate surface area is 155 Å². The number of hydrogen-bond acceptors (Lipinski definition) is 4. The lowest BCUT2D eigenvalue weighted by Crippen LogP contribution is -2.68. The minimum absolute atomic E-state index is 0.130. The zero-order valence-corrected chi connectivity index (χ0v) is 15.9. The Balaban J connectivity index is 1.62. The molecule has 7 bridgehead atoms. The highest BCUT2D eigenvalue weighted by molar-refractivity contribution is 5.87. The molecule has 1 heterocycles. The van der Waals surface area contributed by atoms with Gasteiger partial charge in [0.25, 0.3) is 0 Å². The van der Waals surface area contributed by atoms with Gasteiger partial charge in [0.1, 0.15) is 5.78 Å². The Bertz CT molecular complexity index is 735. The third-order valence-corrected chi connectivity index (χ3v) is 10.4. The van der Waals surface area contributed by atoms with E-state index in [9.17, 15) is 15.0 Å². The van der Waals surface area contributed by atoms with Gasteiger partial charge in [0.05, 0.1) is 12.2 Å². The molecule has 6 fully saturated rings. The zero-order chi connectivity index (χ0) is 18.2. The van der Waals surface area contributed by atoms with Crippen LogP contribution in [0.1, 0.15) is 46.0 Å². The molecule has 0 radical (unpaired) electrons. The van der Waals surface area contributed by atoms with Gasteiger partial charge in [0, 0.05) is 35.8 Å². The van der Waals surface area contributed by atoms with Crippen LogP contribution in [0.4, 0.5) is 0 Å². The highest BCUT2D eigenvalue weighted by Gasteiger charge is 2.85. The number of carbonyl (C=O) groups excluding carboxylic acids is 1. The summed E-state index contributed by atoms with van der Waals surface area (Å²) in [5.74, 6) is 1.16. The quantitative estimate of drug-likeness (QED) is 0.705. The van der Waals surface area contributed by atoms with Crippen LogP contribution in [0.3, 0.4) is 0 Å². The molecule has 5 aliphatic carbocycles. The van der Waals surface area contributed by atoms with Crippen LogP contribution in [0.15, 0.2) is 12.2 Å². The van der Waals surface area contributed by atoms with Crippen LogP contribution >= 0.6 is 0 Å². The van der Waals surface area contributed by atoms with Crippen molar-refractivity contribution in [2.75, 3.05) is 13.1 Å². The summed E-state index contributed by atoms with van der Waals surface area (Å²) in [6.45, 7) is 10.9. The molecule has 1 saturated heterocycles. The molecule has 6 aliphatic rings. The van der Waals surface area contributed by atoms with E-state index in [1.807, 2.05) is 0 Å². The number of hydrogen-bond donors (Lipinski definition) is 2. The maximum atomic E-state index is 13.0. The van der Waals surface area contributed by atoms with E-state index in [1.165, 1.54) is 0 Å². The number of aliphatic hydroxyl groups excluding tert-OH is 2. The maximum absolute atomic E-state index is 13.0. The summed E-state index contributed by atoms with van der Waals surface area (Å²) in [6.07, 6.45) is 3.50. The fourth-order valence-electron chi connectivity index (χ4n) is 9.75. The van der Waals surface area contributed by atoms with Gasteiger partial charge < -0.3 is 10.2 Å². The lowest BCUT2D eigenvalue weighted by atomic mass is 9.43. The maximum Gasteiger partial charge on any atom is 0.140 e. The van der Waals surface area contributed by atoms with Gasteiger partial charge in [-0.25, -0.2) is 0 Å². The van der Waals surface area contributed by atoms with E-state index in [0.29, 0.717) is 24.3 Å². The third kappa shape index (κ3) is 1.33. The molecule has 0 aromatic heterocycles. The second-order valence-corrected chi connectivity index (χ2v) is 10.7. The fourth-order valence-corrected chi connectivity index (χ4v) is 9.75. The summed E-state index contributed by atoms with van der Waals surface area (Å²) in [5, 5.41) is 22.8. The van der Waals surface area contributed by atoms with Crippen molar-refractivity contribution in [2.45, 2.75) is 64.2 Å². The van der Waals surface area contributed by atoms with Crippen LogP contribution in [-0.4, -0.2) is 52.2 Å². The molecule has 142 valence electrons. The van der Waals surface area contributed by atoms with E-state index in [2.05, 4.69) is 25.3 Å². The van der Waals surface area contributed by atoms with E-state index in [-0.39, 0.29) is 40.0 Å². The largest absolute Gasteiger partial charge is 0.392 e. The number of nitrogens with zero attached hydrogens (tertiary/aromatic N) is 1. The SMILES string of the molecule is C=C1[C@@H]2C[C@]3([C@@H]1O)[C@H]1C[C@@H]4[C@@]5(C)CC[C@H](O)[C@@]4([C@H]1N(CC)C5)[C@H]3CC2=O. The first-order valence-corrected chi connectivity index (χ1v) is 10.6. The molecule has 0 amide bonds. The molecule has 4 heteroatoms. The second-order valence-electron chi connectivity index (χ2n) is 10.7. The van der Waals surface area contributed by atoms with Crippen LogP contribution < -0.4 is 0 Å². The zero-order valence-electron chi connectivity index (χ0n) is 15.9. The Hall–Kier alpha value is -0.710. The van der Waals surface area contributed by atoms with Crippen molar-refractivity contribution in [1.82, 2.24) is 4.90 Å². The molecule has 2 N–H and O–H groups in total. The second kappa shape index (κ2) is 4.47. The number of rotatable bonds is 1. The first-order chi connectivity index (χ1) is 12.3. The molecule has 5 saturated carbocycles. The standard InChI is InChI=1S/C22H31NO3/c1-4-23-10-20(3)6-5-17(25)22-15(20)7-13(18(22)23)21-9-12(11(2)19(21)26)14(24)8-16(21)22/h12-13,15-19,25-26H,2,4-10H2,1,3H3/t12-,13-,15+,16-,17-,18-,19+,20-,21-,22-/m0/s1. The van der Waals surface area contributed by atoms with Gasteiger partial charge >= 0.3 is 0 Å². The van der Waals surface area contributed by atoms with Crippen molar-refractivity contribution in [3.63, 3.8) is 0 Å². The predicted molar refractivity (Wildman–Crippen MR) is 97.2 cm³/mol. The summed E-state index contributed by atoms with van der Waals surface area (Å²) in [6, 6.07) is 0.331. The van der Waals surface area contributed by atoms with Crippen LogP contribution in [0.2, 0.25) is 0 Å². The summed E-state index contributed by atoms with van der Waals surface area (Å²) >= 11 is 0. The number of fused-ring (bicyclic) bond motifs is 1. The fraction of sp³-hybridized carbons (Fsp3) is 0.864. The predicted octanol–water partition coefficient (Wildman–Crippen LogP) is 2.00. The number of carbonyl (C=O) groups is 1. The average Bonchev–Trinajstić information content (AvgIpc) is 3.14. The van der Waals surface area contributed by atoms with Crippen molar-refractivity contribution in [3.05, 3.63) is 12.2 Å². The van der Waals surface area contributed by atoms with Crippen LogP contribution in [0, 0.1) is 39.9 Å². The Morgan fingerprint density at radius 3 is 2.81 bits per heavy atom. The molecule has 1 aliphatic heterocycles. The van der Waals surface area contributed by atoms with Gasteiger partial charge in [0.2, 0.25) is 0 Å². The smallest absolute Gasteiger partial charge is 0.140 e. The Morgan fingerprint density at radius 2 is 2.08 bits per heavy atom. The molecule has 4 nitrogen and oxygen atoms in total. The van der Waals surface area contributed by atoms with Gasteiger partial charge in [-0.2, -0.15) is 0 Å². The van der Waals surface area contributed by atoms with Gasteiger partial charge in [-0.05, 0) is 61.0 Å². The van der Waals surface area contributed by atoms with Crippen LogP contribution in [0.25, 0.3) is 0 Å². The first-order valence-electron chi connectivity index (χ1n) is 10.6. The first kappa shape index (κ1) is 16.3. The number of piperidine rings is 1. The molecular formula is C22H31NO3. The minimum atomic E-state index is -0.561. The van der Waals surface area contributed by atoms with Crippen LogP contribution in [0.5, 0.6) is 0 Å². The van der Waals surface area contributed by atoms with Crippen molar-refractivity contribution in [2.24, 2.45) is 39.9 Å². The van der Waals surface area contributed by atoms with E-state index >= 15 is 0 Å². The van der Waals surface area contributed by atoms with Gasteiger partial charge in [-0.15, -0.1) is 0 Å². The summed E-state index contributed by atoms with van der Waals surface area (Å²) in [5.41, 5.74) is 0.598. The Morgan fingerprint density at radius 1 is 1.31 bits per heavy atom. The molecule has 0 unspecified atom stereocenters. The van der Waals surface area contributed by atoms with E-state index in [4.69, 9.17) is 0 Å². The normalized spacial score (nSPS) is 62.7. The van der Waals surface area contributed by atoms with Crippen molar-refractivity contribution < 1.29 is 15.0 Å². The number of likely N-dealkylation sites (tertiary alicyclic amines) is 1. The molecule has 0 aromatic carbocycles. The monoisotopic (exact) mass is 357 g/mol. The van der Waals surface area contributed by atoms with E-state index < -0.39 is 6.10 Å². The summed E-state index contributed by atoms with van der Waals surface area (Å²) in [7, 11) is 0. The van der Waals surface area contributed by atoms with Crippen LogP contribution in [-0.2, 0) is 4.79 Å². The average molecular weight is 357 g/mol. The summed E-state index contributed by atoms with van der Waals surface area (Å²) in [4.78, 5) is 15.6. The number of Topliss-reactive ketones (excluding diaryl/α,β-unsaturated/α-hetero) is 1. The number of aliphatic hydroxyl groups is 2.